The van der Waals surface area contributed by atoms with Gasteiger partial charge in [0.05, 0.1) is 2.88 Å². The lowest BCUT2D eigenvalue weighted by molar-refractivity contribution is 0.523. The molecular formula is C14H14F2INS. The van der Waals surface area contributed by atoms with E-state index in [4.69, 9.17) is 0 Å². The Morgan fingerprint density at radius 3 is 2.74 bits per heavy atom. The van der Waals surface area contributed by atoms with Gasteiger partial charge < -0.3 is 5.32 Å². The van der Waals surface area contributed by atoms with Gasteiger partial charge in [-0.25, -0.2) is 8.78 Å². The van der Waals surface area contributed by atoms with Crippen molar-refractivity contribution in [1.29, 1.82) is 0 Å². The van der Waals surface area contributed by atoms with Crippen LogP contribution in [0.4, 0.5) is 8.78 Å². The zero-order valence-electron chi connectivity index (χ0n) is 10.4. The van der Waals surface area contributed by atoms with Crippen molar-refractivity contribution in [3.8, 4) is 0 Å². The van der Waals surface area contributed by atoms with Crippen molar-refractivity contribution in [2.24, 2.45) is 0 Å². The Balaban J connectivity index is 2.23. The molecule has 0 saturated heterocycles. The van der Waals surface area contributed by atoms with Crippen LogP contribution in [0.3, 0.4) is 0 Å². The lowest BCUT2D eigenvalue weighted by Gasteiger charge is -2.17. The third-order valence-corrected chi connectivity index (χ3v) is 4.68. The number of likely N-dealkylation sites (N-methyl/N-ethyl adjacent to an activating group) is 1. The molecule has 2 aromatic rings. The molecule has 0 bridgehead atoms. The first-order chi connectivity index (χ1) is 9.10. The monoisotopic (exact) mass is 393 g/mol. The molecule has 5 heteroatoms. The van der Waals surface area contributed by atoms with E-state index in [1.807, 2.05) is 6.92 Å². The number of nitrogens with one attached hydrogen (secondary N) is 1. The van der Waals surface area contributed by atoms with Gasteiger partial charge in [0.2, 0.25) is 0 Å². The fourth-order valence-corrected chi connectivity index (χ4v) is 3.41. The van der Waals surface area contributed by atoms with Gasteiger partial charge in [0.25, 0.3) is 0 Å². The third kappa shape index (κ3) is 3.97. The van der Waals surface area contributed by atoms with E-state index in [1.165, 1.54) is 15.0 Å². The van der Waals surface area contributed by atoms with Gasteiger partial charge >= 0.3 is 0 Å². The average Bonchev–Trinajstić information content (AvgIpc) is 2.80. The quantitative estimate of drug-likeness (QED) is 0.737. The van der Waals surface area contributed by atoms with Crippen LogP contribution in [-0.4, -0.2) is 6.54 Å². The van der Waals surface area contributed by atoms with Crippen LogP contribution in [0.25, 0.3) is 0 Å². The second-order valence-corrected chi connectivity index (χ2v) is 7.04. The largest absolute Gasteiger partial charge is 0.310 e. The summed E-state index contributed by atoms with van der Waals surface area (Å²) in [6.07, 6.45) is 0.449. The molecule has 0 fully saturated rings. The Morgan fingerprint density at radius 1 is 1.32 bits per heavy atom. The first-order valence-electron chi connectivity index (χ1n) is 6.01. The number of thiophene rings is 1. The average molecular weight is 393 g/mol. The lowest BCUT2D eigenvalue weighted by Crippen LogP contribution is -2.23. The third-order valence-electron chi connectivity index (χ3n) is 2.87. The van der Waals surface area contributed by atoms with Gasteiger partial charge in [0.15, 0.2) is 0 Å². The van der Waals surface area contributed by atoms with Gasteiger partial charge in [-0.05, 0) is 76.3 Å². The van der Waals surface area contributed by atoms with Gasteiger partial charge in [-0.3, -0.25) is 0 Å². The van der Waals surface area contributed by atoms with E-state index in [0.29, 0.717) is 12.0 Å². The van der Waals surface area contributed by atoms with Gasteiger partial charge in [-0.2, -0.15) is 0 Å². The Morgan fingerprint density at radius 2 is 2.11 bits per heavy atom. The van der Waals surface area contributed by atoms with Crippen molar-refractivity contribution in [2.45, 2.75) is 19.4 Å². The van der Waals surface area contributed by atoms with Crippen LogP contribution < -0.4 is 5.32 Å². The molecule has 1 nitrogen and oxygen atoms in total. The minimum absolute atomic E-state index is 0.0149. The van der Waals surface area contributed by atoms with Crippen LogP contribution in [0.2, 0.25) is 0 Å². The van der Waals surface area contributed by atoms with Crippen molar-refractivity contribution in [1.82, 2.24) is 5.32 Å². The minimum Gasteiger partial charge on any atom is -0.310 e. The van der Waals surface area contributed by atoms with E-state index in [9.17, 15) is 8.78 Å². The van der Waals surface area contributed by atoms with Crippen molar-refractivity contribution in [2.75, 3.05) is 6.54 Å². The maximum atomic E-state index is 13.7. The minimum atomic E-state index is -0.397. The summed E-state index contributed by atoms with van der Waals surface area (Å²) in [6, 6.07) is 5.70. The first-order valence-corrected chi connectivity index (χ1v) is 7.97. The fourth-order valence-electron chi connectivity index (χ4n) is 1.98. The zero-order chi connectivity index (χ0) is 13.8. The topological polar surface area (TPSA) is 12.0 Å². The number of benzene rings is 1. The summed E-state index contributed by atoms with van der Waals surface area (Å²) in [6.45, 7) is 2.79. The molecular weight excluding hydrogens is 379 g/mol. The highest BCUT2D eigenvalue weighted by molar-refractivity contribution is 14.1. The molecule has 0 aliphatic heterocycles. The Labute approximate surface area is 129 Å². The molecule has 102 valence electrons. The van der Waals surface area contributed by atoms with Gasteiger partial charge in [0.1, 0.15) is 11.6 Å². The summed E-state index contributed by atoms with van der Waals surface area (Å²) in [5, 5.41) is 5.38. The van der Waals surface area contributed by atoms with Gasteiger partial charge in [-0.1, -0.05) is 6.92 Å². The molecule has 1 atom stereocenters. The summed E-state index contributed by atoms with van der Waals surface area (Å²) >= 11 is 3.92. The molecule has 0 aliphatic rings. The molecule has 0 amide bonds. The van der Waals surface area contributed by atoms with E-state index in [0.717, 1.165) is 18.2 Å². The van der Waals surface area contributed by atoms with Crippen LogP contribution in [0.5, 0.6) is 0 Å². The number of hydrogen-bond donors (Lipinski definition) is 1. The van der Waals surface area contributed by atoms with E-state index in [2.05, 4.69) is 39.4 Å². The maximum absolute atomic E-state index is 13.7. The molecule has 1 aromatic carbocycles. The summed E-state index contributed by atoms with van der Waals surface area (Å²) in [5.74, 6) is -0.749. The van der Waals surface area contributed by atoms with Crippen molar-refractivity contribution < 1.29 is 8.78 Å². The van der Waals surface area contributed by atoms with Crippen LogP contribution in [0.1, 0.15) is 24.1 Å². The molecule has 19 heavy (non-hydrogen) atoms. The lowest BCUT2D eigenvalue weighted by atomic mass is 10.0. The molecule has 2 rings (SSSR count). The first kappa shape index (κ1) is 14.9. The highest BCUT2D eigenvalue weighted by Crippen LogP contribution is 2.26. The Bertz CT molecular complexity index is 556. The normalized spacial score (nSPS) is 12.6. The van der Waals surface area contributed by atoms with Crippen molar-refractivity contribution >= 4 is 33.9 Å². The number of rotatable bonds is 5. The maximum Gasteiger partial charge on any atom is 0.126 e. The van der Waals surface area contributed by atoms with E-state index in [1.54, 1.807) is 11.3 Å². The predicted octanol–water partition coefficient (Wildman–Crippen LogP) is 4.52. The van der Waals surface area contributed by atoms with E-state index < -0.39 is 5.82 Å². The van der Waals surface area contributed by atoms with Crippen molar-refractivity contribution in [3.05, 3.63) is 55.3 Å². The molecule has 1 unspecified atom stereocenters. The molecule has 0 aliphatic carbocycles. The zero-order valence-corrected chi connectivity index (χ0v) is 13.4. The summed E-state index contributed by atoms with van der Waals surface area (Å²) in [7, 11) is 0. The highest BCUT2D eigenvalue weighted by atomic mass is 127. The molecule has 0 saturated carbocycles. The Kier molecular flexibility index (Phi) is 5.29. The van der Waals surface area contributed by atoms with Crippen LogP contribution in [-0.2, 0) is 6.42 Å². The summed E-state index contributed by atoms with van der Waals surface area (Å²) < 4.78 is 28.1. The second kappa shape index (κ2) is 6.76. The smallest absolute Gasteiger partial charge is 0.126 e. The molecule has 0 radical (unpaired) electrons. The highest BCUT2D eigenvalue weighted by Gasteiger charge is 2.15. The van der Waals surface area contributed by atoms with Crippen molar-refractivity contribution in [3.63, 3.8) is 0 Å². The van der Waals surface area contributed by atoms with E-state index in [-0.39, 0.29) is 11.9 Å². The van der Waals surface area contributed by atoms with Crippen LogP contribution >= 0.6 is 33.9 Å². The molecule has 1 N–H and O–H groups in total. The SMILES string of the molecule is CCNC(Cc1cc(F)ccc1F)c1csc(I)c1. The van der Waals surface area contributed by atoms with Gasteiger partial charge in [-0.15, -0.1) is 11.3 Å². The standard InChI is InChI=1S/C14H14F2INS/c1-2-18-13(10-7-14(17)19-8-10)6-9-5-11(15)3-4-12(9)16/h3-5,7-8,13,18H,2,6H2,1H3. The Hall–Kier alpha value is -0.530. The van der Waals surface area contributed by atoms with Crippen LogP contribution in [0, 0.1) is 14.5 Å². The van der Waals surface area contributed by atoms with Gasteiger partial charge in [0, 0.05) is 6.04 Å². The van der Waals surface area contributed by atoms with E-state index >= 15 is 0 Å². The number of hydrogen-bond acceptors (Lipinski definition) is 2. The molecule has 0 spiro atoms. The predicted molar refractivity (Wildman–Crippen MR) is 83.5 cm³/mol. The van der Waals surface area contributed by atoms with Crippen LogP contribution in [0.15, 0.2) is 29.6 Å². The fraction of sp³-hybridized carbons (Fsp3) is 0.286. The second-order valence-electron chi connectivity index (χ2n) is 4.23. The molecule has 1 aromatic heterocycles. The molecule has 1 heterocycles. The summed E-state index contributed by atoms with van der Waals surface area (Å²) in [5.41, 5.74) is 1.53. The number of halogens is 3. The summed E-state index contributed by atoms with van der Waals surface area (Å²) in [4.78, 5) is 0.